The topological polar surface area (TPSA) is 29.9 Å². The van der Waals surface area contributed by atoms with Crippen LogP contribution in [0.1, 0.15) is 16.8 Å². The minimum atomic E-state index is 0.300. The zero-order valence-electron chi connectivity index (χ0n) is 12.0. The van der Waals surface area contributed by atoms with Gasteiger partial charge in [-0.2, -0.15) is 5.10 Å². The number of hydrogen-bond donors (Lipinski definition) is 1. The summed E-state index contributed by atoms with van der Waals surface area (Å²) in [6.45, 7) is 1.99. The van der Waals surface area contributed by atoms with Crippen LogP contribution in [0.5, 0.6) is 0 Å². The Morgan fingerprint density at radius 1 is 1.30 bits per heavy atom. The zero-order chi connectivity index (χ0) is 14.7. The van der Waals surface area contributed by atoms with Gasteiger partial charge in [-0.15, -0.1) is 0 Å². The lowest BCUT2D eigenvalue weighted by Crippen LogP contribution is -2.30. The van der Waals surface area contributed by atoms with Gasteiger partial charge in [-0.1, -0.05) is 35.3 Å². The Morgan fingerprint density at radius 3 is 2.60 bits per heavy atom. The van der Waals surface area contributed by atoms with Crippen molar-refractivity contribution in [1.29, 1.82) is 0 Å². The molecule has 1 heterocycles. The molecule has 0 aliphatic rings. The molecule has 5 heteroatoms. The van der Waals surface area contributed by atoms with Gasteiger partial charge in [0.25, 0.3) is 0 Å². The molecule has 108 valence electrons. The van der Waals surface area contributed by atoms with E-state index in [2.05, 4.69) is 16.5 Å². The lowest BCUT2D eigenvalue weighted by atomic mass is 9.99. The average Bonchev–Trinajstić information content (AvgIpc) is 2.64. The maximum absolute atomic E-state index is 6.29. The Morgan fingerprint density at radius 2 is 2.05 bits per heavy atom. The number of likely N-dealkylation sites (N-methyl/N-ethyl adjacent to an activating group) is 1. The van der Waals surface area contributed by atoms with E-state index in [4.69, 9.17) is 23.2 Å². The number of aromatic nitrogens is 2. The second-order valence-corrected chi connectivity index (χ2v) is 5.80. The summed E-state index contributed by atoms with van der Waals surface area (Å²) >= 11 is 12.3. The van der Waals surface area contributed by atoms with Crippen LogP contribution in [0.2, 0.25) is 10.2 Å². The van der Waals surface area contributed by atoms with E-state index < -0.39 is 0 Å². The van der Waals surface area contributed by atoms with Gasteiger partial charge in [0.1, 0.15) is 5.15 Å². The Hall–Kier alpha value is -1.03. The minimum Gasteiger partial charge on any atom is -0.316 e. The Kier molecular flexibility index (Phi) is 5.08. The van der Waals surface area contributed by atoms with Gasteiger partial charge in [-0.05, 0) is 44.5 Å². The van der Waals surface area contributed by atoms with Gasteiger partial charge in [0.2, 0.25) is 0 Å². The van der Waals surface area contributed by atoms with E-state index in [0.717, 1.165) is 29.1 Å². The normalized spacial score (nSPS) is 12.7. The summed E-state index contributed by atoms with van der Waals surface area (Å²) in [7, 11) is 3.83. The summed E-state index contributed by atoms with van der Waals surface area (Å²) in [6, 6.07) is 8.26. The van der Waals surface area contributed by atoms with Crippen LogP contribution in [-0.2, 0) is 19.9 Å². The molecule has 3 nitrogen and oxygen atoms in total. The van der Waals surface area contributed by atoms with Crippen LogP contribution in [-0.4, -0.2) is 22.9 Å². The summed E-state index contributed by atoms with van der Waals surface area (Å²) in [5, 5.41) is 9.19. The second-order valence-electron chi connectivity index (χ2n) is 5.00. The first-order valence-electron chi connectivity index (χ1n) is 6.61. The van der Waals surface area contributed by atoms with Gasteiger partial charge in [-0.25, -0.2) is 0 Å². The molecule has 0 aliphatic carbocycles. The van der Waals surface area contributed by atoms with Gasteiger partial charge in [0.05, 0.1) is 5.69 Å². The summed E-state index contributed by atoms with van der Waals surface area (Å²) < 4.78 is 1.72. The van der Waals surface area contributed by atoms with E-state index in [9.17, 15) is 0 Å². The van der Waals surface area contributed by atoms with E-state index in [1.807, 2.05) is 39.2 Å². The van der Waals surface area contributed by atoms with E-state index in [-0.39, 0.29) is 0 Å². The molecule has 1 aromatic carbocycles. The van der Waals surface area contributed by atoms with E-state index in [1.54, 1.807) is 4.68 Å². The van der Waals surface area contributed by atoms with Crippen LogP contribution in [0.4, 0.5) is 0 Å². The molecule has 0 bridgehead atoms. The van der Waals surface area contributed by atoms with Crippen LogP contribution >= 0.6 is 23.2 Å². The predicted octanol–water partition coefficient (Wildman–Crippen LogP) is 3.41. The number of nitrogens with one attached hydrogen (secondary N) is 1. The second kappa shape index (κ2) is 6.61. The highest BCUT2D eigenvalue weighted by Crippen LogP contribution is 2.21. The van der Waals surface area contributed by atoms with Crippen molar-refractivity contribution in [3.05, 3.63) is 51.3 Å². The monoisotopic (exact) mass is 311 g/mol. The Bertz CT molecular complexity index is 593. The first kappa shape index (κ1) is 15.4. The number of aryl methyl sites for hydroxylation is 2. The fourth-order valence-electron chi connectivity index (χ4n) is 2.38. The first-order valence-corrected chi connectivity index (χ1v) is 7.36. The average molecular weight is 312 g/mol. The molecule has 0 radical (unpaired) electrons. The Balaban J connectivity index is 2.13. The molecular formula is C15H19Cl2N3. The smallest absolute Gasteiger partial charge is 0.130 e. The number of nitrogens with zero attached hydrogens (tertiary/aromatic N) is 2. The van der Waals surface area contributed by atoms with E-state index >= 15 is 0 Å². The van der Waals surface area contributed by atoms with Crippen LogP contribution in [0, 0.1) is 6.92 Å². The van der Waals surface area contributed by atoms with Gasteiger partial charge < -0.3 is 5.32 Å². The molecule has 1 N–H and O–H groups in total. The highest BCUT2D eigenvalue weighted by atomic mass is 35.5. The summed E-state index contributed by atoms with van der Waals surface area (Å²) in [6.07, 6.45) is 1.75. The van der Waals surface area contributed by atoms with Gasteiger partial charge in [-0.3, -0.25) is 4.68 Å². The first-order chi connectivity index (χ1) is 9.51. The molecule has 2 aromatic rings. The molecule has 0 spiro atoms. The number of hydrogen-bond acceptors (Lipinski definition) is 2. The standard InChI is InChI=1S/C15H19Cl2N3/c1-10-14(15(17)20(3)19-10)9-13(18-2)8-11-5-4-6-12(16)7-11/h4-7,13,18H,8-9H2,1-3H3. The van der Waals surface area contributed by atoms with Crippen molar-refractivity contribution in [2.75, 3.05) is 7.05 Å². The third-order valence-electron chi connectivity index (χ3n) is 3.50. The molecule has 0 saturated carbocycles. The predicted molar refractivity (Wildman–Crippen MR) is 84.7 cm³/mol. The molecule has 1 atom stereocenters. The summed E-state index contributed by atoms with van der Waals surface area (Å²) in [5.74, 6) is 0. The van der Waals surface area contributed by atoms with E-state index in [0.29, 0.717) is 11.2 Å². The fraction of sp³-hybridized carbons (Fsp3) is 0.400. The molecule has 20 heavy (non-hydrogen) atoms. The third kappa shape index (κ3) is 3.54. The number of rotatable bonds is 5. The lowest BCUT2D eigenvalue weighted by Gasteiger charge is -2.16. The van der Waals surface area contributed by atoms with Crippen LogP contribution in [0.15, 0.2) is 24.3 Å². The van der Waals surface area contributed by atoms with Crippen molar-refractivity contribution in [1.82, 2.24) is 15.1 Å². The van der Waals surface area contributed by atoms with Crippen molar-refractivity contribution in [3.63, 3.8) is 0 Å². The molecule has 0 saturated heterocycles. The van der Waals surface area contributed by atoms with Crippen LogP contribution in [0.25, 0.3) is 0 Å². The van der Waals surface area contributed by atoms with Crippen molar-refractivity contribution >= 4 is 23.2 Å². The highest BCUT2D eigenvalue weighted by Gasteiger charge is 2.16. The molecule has 1 unspecified atom stereocenters. The zero-order valence-corrected chi connectivity index (χ0v) is 13.5. The van der Waals surface area contributed by atoms with Crippen LogP contribution < -0.4 is 5.32 Å². The Labute approximate surface area is 129 Å². The largest absolute Gasteiger partial charge is 0.316 e. The van der Waals surface area contributed by atoms with Gasteiger partial charge >= 0.3 is 0 Å². The lowest BCUT2D eigenvalue weighted by molar-refractivity contribution is 0.555. The van der Waals surface area contributed by atoms with Crippen LogP contribution in [0.3, 0.4) is 0 Å². The molecule has 0 amide bonds. The number of halogens is 2. The van der Waals surface area contributed by atoms with Gasteiger partial charge in [0.15, 0.2) is 0 Å². The fourth-order valence-corrected chi connectivity index (χ4v) is 2.84. The number of benzene rings is 1. The molecule has 2 rings (SSSR count). The molecular weight excluding hydrogens is 293 g/mol. The van der Waals surface area contributed by atoms with Crippen molar-refractivity contribution in [2.45, 2.75) is 25.8 Å². The van der Waals surface area contributed by atoms with E-state index in [1.165, 1.54) is 5.56 Å². The summed E-state index contributed by atoms with van der Waals surface area (Å²) in [5.41, 5.74) is 3.31. The maximum atomic E-state index is 6.29. The summed E-state index contributed by atoms with van der Waals surface area (Å²) in [4.78, 5) is 0. The SMILES string of the molecule is CNC(Cc1cccc(Cl)c1)Cc1c(C)nn(C)c1Cl. The minimum absolute atomic E-state index is 0.300. The molecule has 0 fully saturated rings. The third-order valence-corrected chi connectivity index (χ3v) is 4.21. The molecule has 1 aromatic heterocycles. The molecule has 0 aliphatic heterocycles. The maximum Gasteiger partial charge on any atom is 0.130 e. The van der Waals surface area contributed by atoms with Crippen molar-refractivity contribution in [2.24, 2.45) is 7.05 Å². The van der Waals surface area contributed by atoms with Crippen molar-refractivity contribution in [3.8, 4) is 0 Å². The quantitative estimate of drug-likeness (QED) is 0.917. The van der Waals surface area contributed by atoms with Crippen molar-refractivity contribution < 1.29 is 0 Å². The van der Waals surface area contributed by atoms with Gasteiger partial charge in [0, 0.05) is 23.7 Å². The highest BCUT2D eigenvalue weighted by molar-refractivity contribution is 6.30.